The van der Waals surface area contributed by atoms with E-state index in [1.807, 2.05) is 0 Å². The number of rotatable bonds is 5. The van der Waals surface area contributed by atoms with Crippen LogP contribution in [0.2, 0.25) is 0 Å². The highest BCUT2D eigenvalue weighted by molar-refractivity contribution is 5.94. The minimum Gasteiger partial charge on any atom is -0.481 e. The molecule has 0 bridgehead atoms. The monoisotopic (exact) mass is 305 g/mol. The Morgan fingerprint density at radius 2 is 1.68 bits per heavy atom. The summed E-state index contributed by atoms with van der Waals surface area (Å²) in [5, 5.41) is 11.4. The quantitative estimate of drug-likeness (QED) is 0.892. The normalized spacial score (nSPS) is 11.7. The molecule has 114 valence electrons. The molecule has 4 nitrogen and oxygen atoms in total. The zero-order valence-corrected chi connectivity index (χ0v) is 11.4. The van der Waals surface area contributed by atoms with Crippen LogP contribution in [0, 0.1) is 11.6 Å². The molecule has 0 spiro atoms. The minimum atomic E-state index is -1.17. The van der Waals surface area contributed by atoms with E-state index in [2.05, 4.69) is 5.32 Å². The molecule has 0 saturated carbocycles. The Labute approximate surface area is 125 Å². The highest BCUT2D eigenvalue weighted by atomic mass is 19.1. The van der Waals surface area contributed by atoms with Crippen molar-refractivity contribution in [3.63, 3.8) is 0 Å². The van der Waals surface area contributed by atoms with Crippen LogP contribution in [-0.2, 0) is 4.79 Å². The van der Waals surface area contributed by atoms with E-state index in [0.29, 0.717) is 0 Å². The van der Waals surface area contributed by atoms with E-state index in [4.69, 9.17) is 5.11 Å². The smallest absolute Gasteiger partial charge is 0.305 e. The van der Waals surface area contributed by atoms with Crippen LogP contribution in [0.1, 0.15) is 28.4 Å². The van der Waals surface area contributed by atoms with Crippen molar-refractivity contribution < 1.29 is 23.5 Å². The van der Waals surface area contributed by atoms with Gasteiger partial charge in [-0.2, -0.15) is 0 Å². The second-order valence-corrected chi connectivity index (χ2v) is 4.65. The lowest BCUT2D eigenvalue weighted by molar-refractivity contribution is -0.137. The van der Waals surface area contributed by atoms with Gasteiger partial charge in [-0.05, 0) is 30.3 Å². The number of carboxylic acids is 1. The Hall–Kier alpha value is -2.76. The zero-order chi connectivity index (χ0) is 16.1. The summed E-state index contributed by atoms with van der Waals surface area (Å²) in [6, 6.07) is 9.37. The number of benzene rings is 2. The lowest BCUT2D eigenvalue weighted by Gasteiger charge is -2.18. The van der Waals surface area contributed by atoms with Gasteiger partial charge in [-0.3, -0.25) is 9.59 Å². The van der Waals surface area contributed by atoms with E-state index in [1.165, 1.54) is 30.3 Å². The van der Waals surface area contributed by atoms with Crippen LogP contribution in [0.25, 0.3) is 0 Å². The van der Waals surface area contributed by atoms with Crippen LogP contribution < -0.4 is 5.32 Å². The molecular weight excluding hydrogens is 292 g/mol. The van der Waals surface area contributed by atoms with Gasteiger partial charge in [-0.15, -0.1) is 0 Å². The first kappa shape index (κ1) is 15.6. The molecule has 2 N–H and O–H groups in total. The van der Waals surface area contributed by atoms with Crippen molar-refractivity contribution in [1.29, 1.82) is 0 Å². The summed E-state index contributed by atoms with van der Waals surface area (Å²) in [6.07, 6.45) is -0.464. The summed E-state index contributed by atoms with van der Waals surface area (Å²) in [6.45, 7) is 0. The maximum absolute atomic E-state index is 13.8. The summed E-state index contributed by atoms with van der Waals surface area (Å²) in [7, 11) is 0. The number of nitrogens with one attached hydrogen (secondary N) is 1. The molecule has 2 aromatic carbocycles. The number of hydrogen-bond acceptors (Lipinski definition) is 2. The zero-order valence-electron chi connectivity index (χ0n) is 11.4. The number of carbonyl (C=O) groups is 2. The Kier molecular flexibility index (Phi) is 4.83. The number of aliphatic carboxylic acids is 1. The van der Waals surface area contributed by atoms with Crippen LogP contribution in [-0.4, -0.2) is 17.0 Å². The van der Waals surface area contributed by atoms with Crippen molar-refractivity contribution in [3.8, 4) is 0 Å². The van der Waals surface area contributed by atoms with Crippen molar-refractivity contribution in [2.24, 2.45) is 0 Å². The molecule has 0 radical (unpaired) electrons. The molecule has 1 amide bonds. The van der Waals surface area contributed by atoms with Gasteiger partial charge < -0.3 is 10.4 Å². The molecule has 0 aliphatic rings. The lowest BCUT2D eigenvalue weighted by Crippen LogP contribution is -2.30. The topological polar surface area (TPSA) is 66.4 Å². The first-order valence-corrected chi connectivity index (χ1v) is 6.50. The molecule has 0 aliphatic heterocycles. The highest BCUT2D eigenvalue weighted by Crippen LogP contribution is 2.20. The van der Waals surface area contributed by atoms with Crippen molar-refractivity contribution >= 4 is 11.9 Å². The highest BCUT2D eigenvalue weighted by Gasteiger charge is 2.21. The van der Waals surface area contributed by atoms with Crippen molar-refractivity contribution in [1.82, 2.24) is 5.32 Å². The molecular formula is C16H13F2NO3. The first-order valence-electron chi connectivity index (χ1n) is 6.50. The van der Waals surface area contributed by atoms with Crippen LogP contribution in [0.3, 0.4) is 0 Å². The van der Waals surface area contributed by atoms with Crippen LogP contribution in [0.4, 0.5) is 8.78 Å². The van der Waals surface area contributed by atoms with Gasteiger partial charge in [0.05, 0.1) is 12.5 Å². The van der Waals surface area contributed by atoms with E-state index in [0.717, 1.165) is 12.1 Å². The number of carbonyl (C=O) groups excluding carboxylic acids is 1. The largest absolute Gasteiger partial charge is 0.481 e. The second kappa shape index (κ2) is 6.80. The maximum atomic E-state index is 13.8. The fraction of sp³-hybridized carbons (Fsp3) is 0.125. The van der Waals surface area contributed by atoms with Gasteiger partial charge in [-0.25, -0.2) is 8.78 Å². The van der Waals surface area contributed by atoms with E-state index in [1.54, 1.807) is 6.07 Å². The Balaban J connectivity index is 2.23. The molecule has 1 atom stereocenters. The molecule has 1 unspecified atom stereocenters. The predicted molar refractivity (Wildman–Crippen MR) is 75.3 cm³/mol. The van der Waals surface area contributed by atoms with Gasteiger partial charge in [0.2, 0.25) is 0 Å². The van der Waals surface area contributed by atoms with Gasteiger partial charge in [0.15, 0.2) is 0 Å². The summed E-state index contributed by atoms with van der Waals surface area (Å²) in [5.74, 6) is -2.87. The molecule has 0 saturated heterocycles. The van der Waals surface area contributed by atoms with Gasteiger partial charge >= 0.3 is 5.97 Å². The van der Waals surface area contributed by atoms with Gasteiger partial charge in [0.1, 0.15) is 11.6 Å². The molecule has 0 aromatic heterocycles. The molecule has 22 heavy (non-hydrogen) atoms. The summed E-state index contributed by atoms with van der Waals surface area (Å²) in [5.41, 5.74) is 0.244. The second-order valence-electron chi connectivity index (χ2n) is 4.65. The maximum Gasteiger partial charge on any atom is 0.305 e. The fourth-order valence-corrected chi connectivity index (χ4v) is 2.01. The lowest BCUT2D eigenvalue weighted by atomic mass is 10.0. The SMILES string of the molecule is O=C(O)CC(NC(=O)c1ccc(F)cc1)c1ccccc1F. The third-order valence-corrected chi connectivity index (χ3v) is 3.07. The minimum absolute atomic E-state index is 0.0837. The number of amides is 1. The van der Waals surface area contributed by atoms with E-state index in [-0.39, 0.29) is 11.1 Å². The first-order chi connectivity index (χ1) is 10.5. The average Bonchev–Trinajstić information content (AvgIpc) is 2.47. The number of hydrogen-bond donors (Lipinski definition) is 2. The van der Waals surface area contributed by atoms with E-state index < -0.39 is 36.0 Å². The Bertz CT molecular complexity index is 686. The van der Waals surface area contributed by atoms with Crippen molar-refractivity contribution in [2.75, 3.05) is 0 Å². The van der Waals surface area contributed by atoms with Crippen molar-refractivity contribution in [3.05, 3.63) is 71.3 Å². The van der Waals surface area contributed by atoms with Crippen LogP contribution in [0.5, 0.6) is 0 Å². The molecule has 0 aliphatic carbocycles. The van der Waals surface area contributed by atoms with Crippen LogP contribution in [0.15, 0.2) is 48.5 Å². The van der Waals surface area contributed by atoms with Crippen molar-refractivity contribution in [2.45, 2.75) is 12.5 Å². The third-order valence-electron chi connectivity index (χ3n) is 3.07. The predicted octanol–water partition coefficient (Wildman–Crippen LogP) is 2.91. The van der Waals surface area contributed by atoms with Gasteiger partial charge in [0.25, 0.3) is 5.91 Å². The number of halogens is 2. The third kappa shape index (κ3) is 3.88. The molecule has 0 heterocycles. The Morgan fingerprint density at radius 1 is 1.05 bits per heavy atom. The summed E-state index contributed by atoms with van der Waals surface area (Å²) >= 11 is 0. The van der Waals surface area contributed by atoms with E-state index >= 15 is 0 Å². The summed E-state index contributed by atoms with van der Waals surface area (Å²) < 4.78 is 26.6. The Morgan fingerprint density at radius 3 is 2.27 bits per heavy atom. The fourth-order valence-electron chi connectivity index (χ4n) is 2.01. The standard InChI is InChI=1S/C16H13F2NO3/c17-11-7-5-10(6-8-11)16(22)19-14(9-15(20)21)12-3-1-2-4-13(12)18/h1-8,14H,9H2,(H,19,22)(H,20,21). The van der Waals surface area contributed by atoms with Gasteiger partial charge in [-0.1, -0.05) is 18.2 Å². The molecule has 2 rings (SSSR count). The van der Waals surface area contributed by atoms with Crippen LogP contribution >= 0.6 is 0 Å². The van der Waals surface area contributed by atoms with E-state index in [9.17, 15) is 18.4 Å². The molecule has 0 fully saturated rings. The molecule has 2 aromatic rings. The number of carboxylic acid groups (broad SMARTS) is 1. The molecule has 6 heteroatoms. The summed E-state index contributed by atoms with van der Waals surface area (Å²) in [4.78, 5) is 23.0. The average molecular weight is 305 g/mol. The van der Waals surface area contributed by atoms with Gasteiger partial charge in [0, 0.05) is 11.1 Å².